The van der Waals surface area contributed by atoms with E-state index in [4.69, 9.17) is 9.26 Å². The standard InChI is InChI=1S/C20H28FN3O4S/c1-15(2)11-20-22-19(23-28-20)8-10-27-18-7-4-9-24(13-18)29(25,26)14-16-5-3-6-17(21)12-16/h3,5-6,12,15,18H,4,7-11,13-14H2,1-2H3. The molecule has 1 unspecified atom stereocenters. The van der Waals surface area contributed by atoms with Gasteiger partial charge in [-0.25, -0.2) is 12.8 Å². The number of halogens is 1. The highest BCUT2D eigenvalue weighted by atomic mass is 32.2. The number of sulfonamides is 1. The van der Waals surface area contributed by atoms with Crippen LogP contribution in [-0.4, -0.2) is 48.7 Å². The number of hydrogen-bond acceptors (Lipinski definition) is 6. The second-order valence-electron chi connectivity index (χ2n) is 7.83. The van der Waals surface area contributed by atoms with Crippen LogP contribution in [0.4, 0.5) is 4.39 Å². The SMILES string of the molecule is CC(C)Cc1nc(CCOC2CCCN(S(=O)(=O)Cc3cccc(F)c3)C2)no1. The van der Waals surface area contributed by atoms with E-state index in [9.17, 15) is 12.8 Å². The van der Waals surface area contributed by atoms with Crippen LogP contribution in [-0.2, 0) is 33.4 Å². The van der Waals surface area contributed by atoms with Gasteiger partial charge in [0.25, 0.3) is 0 Å². The van der Waals surface area contributed by atoms with E-state index in [1.807, 2.05) is 0 Å². The predicted molar refractivity (Wildman–Crippen MR) is 106 cm³/mol. The molecule has 29 heavy (non-hydrogen) atoms. The smallest absolute Gasteiger partial charge is 0.226 e. The number of benzene rings is 1. The summed E-state index contributed by atoms with van der Waals surface area (Å²) in [5, 5.41) is 3.96. The Balaban J connectivity index is 1.49. The Morgan fingerprint density at radius 3 is 2.97 bits per heavy atom. The quantitative estimate of drug-likeness (QED) is 0.614. The molecule has 0 radical (unpaired) electrons. The third-order valence-corrected chi connectivity index (χ3v) is 6.56. The molecule has 3 rings (SSSR count). The molecule has 2 aromatic rings. The fourth-order valence-corrected chi connectivity index (χ4v) is 4.95. The summed E-state index contributed by atoms with van der Waals surface area (Å²) >= 11 is 0. The number of aromatic nitrogens is 2. The van der Waals surface area contributed by atoms with Crippen molar-refractivity contribution < 1.29 is 22.1 Å². The normalized spacial score (nSPS) is 18.4. The lowest BCUT2D eigenvalue weighted by atomic mass is 10.1. The molecule has 0 N–H and O–H groups in total. The van der Waals surface area contributed by atoms with E-state index in [2.05, 4.69) is 24.0 Å². The van der Waals surface area contributed by atoms with Gasteiger partial charge in [0.1, 0.15) is 5.82 Å². The summed E-state index contributed by atoms with van der Waals surface area (Å²) in [5.74, 6) is 1.03. The highest BCUT2D eigenvalue weighted by Crippen LogP contribution is 2.20. The van der Waals surface area contributed by atoms with Crippen LogP contribution < -0.4 is 0 Å². The third-order valence-electron chi connectivity index (χ3n) is 4.74. The van der Waals surface area contributed by atoms with E-state index in [0.29, 0.717) is 49.3 Å². The molecule has 2 heterocycles. The van der Waals surface area contributed by atoms with Gasteiger partial charge in [-0.05, 0) is 36.5 Å². The van der Waals surface area contributed by atoms with Crippen LogP contribution in [0.1, 0.15) is 44.0 Å². The zero-order valence-corrected chi connectivity index (χ0v) is 17.7. The summed E-state index contributed by atoms with van der Waals surface area (Å²) in [5.41, 5.74) is 0.447. The highest BCUT2D eigenvalue weighted by Gasteiger charge is 2.29. The van der Waals surface area contributed by atoms with Gasteiger partial charge in [0.2, 0.25) is 15.9 Å². The summed E-state index contributed by atoms with van der Waals surface area (Å²) < 4.78 is 51.3. The highest BCUT2D eigenvalue weighted by molar-refractivity contribution is 7.88. The number of nitrogens with zero attached hydrogens (tertiary/aromatic N) is 3. The predicted octanol–water partition coefficient (Wildman–Crippen LogP) is 2.96. The minimum absolute atomic E-state index is 0.173. The zero-order chi connectivity index (χ0) is 20.9. The third kappa shape index (κ3) is 6.58. The van der Waals surface area contributed by atoms with Crippen LogP contribution in [0.15, 0.2) is 28.8 Å². The molecular weight excluding hydrogens is 397 g/mol. The second-order valence-corrected chi connectivity index (χ2v) is 9.80. The first-order valence-corrected chi connectivity index (χ1v) is 11.6. The Morgan fingerprint density at radius 1 is 1.38 bits per heavy atom. The lowest BCUT2D eigenvalue weighted by Crippen LogP contribution is -2.43. The molecular formula is C20H28FN3O4S. The molecule has 1 atom stereocenters. The number of piperidine rings is 1. The number of hydrogen-bond donors (Lipinski definition) is 0. The maximum atomic E-state index is 13.3. The van der Waals surface area contributed by atoms with Crippen LogP contribution in [0.2, 0.25) is 0 Å². The summed E-state index contributed by atoms with van der Waals surface area (Å²) in [6, 6.07) is 5.70. The van der Waals surface area contributed by atoms with Crippen molar-refractivity contribution in [2.75, 3.05) is 19.7 Å². The summed E-state index contributed by atoms with van der Waals surface area (Å²) in [7, 11) is -3.52. The monoisotopic (exact) mass is 425 g/mol. The minimum Gasteiger partial charge on any atom is -0.376 e. The average molecular weight is 426 g/mol. The Labute approximate surface area is 171 Å². The van der Waals surface area contributed by atoms with Gasteiger partial charge in [-0.3, -0.25) is 0 Å². The molecule has 0 aliphatic carbocycles. The fraction of sp³-hybridized carbons (Fsp3) is 0.600. The van der Waals surface area contributed by atoms with Crippen molar-refractivity contribution in [3.05, 3.63) is 47.4 Å². The first-order chi connectivity index (χ1) is 13.8. The lowest BCUT2D eigenvalue weighted by Gasteiger charge is -2.31. The van der Waals surface area contributed by atoms with Crippen molar-refractivity contribution in [3.8, 4) is 0 Å². The lowest BCUT2D eigenvalue weighted by molar-refractivity contribution is 0.0198. The number of ether oxygens (including phenoxy) is 1. The molecule has 9 heteroatoms. The summed E-state index contributed by atoms with van der Waals surface area (Å²) in [6.07, 6.45) is 2.63. The molecule has 1 fully saturated rings. The van der Waals surface area contributed by atoms with E-state index < -0.39 is 15.8 Å². The van der Waals surface area contributed by atoms with E-state index in [1.54, 1.807) is 6.07 Å². The van der Waals surface area contributed by atoms with Crippen LogP contribution >= 0.6 is 0 Å². The average Bonchev–Trinajstić information content (AvgIpc) is 3.08. The molecule has 1 saturated heterocycles. The Bertz CT molecular complexity index is 901. The van der Waals surface area contributed by atoms with Gasteiger partial charge in [-0.1, -0.05) is 31.1 Å². The van der Waals surface area contributed by atoms with Crippen molar-refractivity contribution in [1.82, 2.24) is 14.4 Å². The van der Waals surface area contributed by atoms with Crippen molar-refractivity contribution in [3.63, 3.8) is 0 Å². The zero-order valence-electron chi connectivity index (χ0n) is 16.9. The molecule has 1 aromatic heterocycles. The van der Waals surface area contributed by atoms with Gasteiger partial charge in [0, 0.05) is 25.9 Å². The maximum absolute atomic E-state index is 13.3. The van der Waals surface area contributed by atoms with Crippen LogP contribution in [0, 0.1) is 11.7 Å². The van der Waals surface area contributed by atoms with Crippen molar-refractivity contribution >= 4 is 10.0 Å². The molecule has 7 nitrogen and oxygen atoms in total. The van der Waals surface area contributed by atoms with E-state index in [1.165, 1.54) is 22.5 Å². The largest absolute Gasteiger partial charge is 0.376 e. The maximum Gasteiger partial charge on any atom is 0.226 e. The molecule has 1 aliphatic heterocycles. The van der Waals surface area contributed by atoms with Gasteiger partial charge in [-0.2, -0.15) is 9.29 Å². The molecule has 0 bridgehead atoms. The van der Waals surface area contributed by atoms with Crippen molar-refractivity contribution in [2.24, 2.45) is 5.92 Å². The van der Waals surface area contributed by atoms with E-state index >= 15 is 0 Å². The molecule has 1 aromatic carbocycles. The molecule has 1 aliphatic rings. The molecule has 160 valence electrons. The molecule has 0 spiro atoms. The Morgan fingerprint density at radius 2 is 2.21 bits per heavy atom. The number of rotatable bonds is 9. The van der Waals surface area contributed by atoms with Crippen LogP contribution in [0.25, 0.3) is 0 Å². The van der Waals surface area contributed by atoms with Gasteiger partial charge in [0.15, 0.2) is 5.82 Å². The Kier molecular flexibility index (Phi) is 7.37. The Hall–Kier alpha value is -1.84. The van der Waals surface area contributed by atoms with E-state index in [0.717, 1.165) is 19.3 Å². The minimum atomic E-state index is -3.52. The summed E-state index contributed by atoms with van der Waals surface area (Å²) in [6.45, 7) is 5.35. The molecule has 0 saturated carbocycles. The van der Waals surface area contributed by atoms with Crippen molar-refractivity contribution in [2.45, 2.75) is 51.4 Å². The first-order valence-electron chi connectivity index (χ1n) is 9.97. The fourth-order valence-electron chi connectivity index (χ4n) is 3.36. The first kappa shape index (κ1) is 21.9. The van der Waals surface area contributed by atoms with Gasteiger partial charge in [-0.15, -0.1) is 0 Å². The van der Waals surface area contributed by atoms with Crippen LogP contribution in [0.5, 0.6) is 0 Å². The van der Waals surface area contributed by atoms with Crippen LogP contribution in [0.3, 0.4) is 0 Å². The van der Waals surface area contributed by atoms with Gasteiger partial charge in [0.05, 0.1) is 18.5 Å². The van der Waals surface area contributed by atoms with Crippen molar-refractivity contribution in [1.29, 1.82) is 0 Å². The molecule has 0 amide bonds. The summed E-state index contributed by atoms with van der Waals surface area (Å²) in [4.78, 5) is 4.35. The topological polar surface area (TPSA) is 85.5 Å². The van der Waals surface area contributed by atoms with E-state index in [-0.39, 0.29) is 11.9 Å². The van der Waals surface area contributed by atoms with Gasteiger partial charge < -0.3 is 9.26 Å². The second kappa shape index (κ2) is 9.77. The van der Waals surface area contributed by atoms with Gasteiger partial charge >= 0.3 is 0 Å².